The number of carbonyl (C=O) groups excluding carboxylic acids is 1. The number of phosphoric acid groups is 1. The van der Waals surface area contributed by atoms with E-state index in [1.54, 1.807) is 27.7 Å². The molecular formula is C13H17O5PS-2. The molecule has 20 heavy (non-hydrogen) atoms. The Morgan fingerprint density at radius 2 is 1.90 bits per heavy atom. The number of thiol groups is 1. The predicted octanol–water partition coefficient (Wildman–Crippen LogP) is 1.64. The minimum Gasteiger partial charge on any atom is -0.780 e. The normalized spacial score (nSPS) is 12.3. The van der Waals surface area contributed by atoms with Crippen molar-refractivity contribution in [3.05, 3.63) is 28.8 Å². The van der Waals surface area contributed by atoms with E-state index in [2.05, 4.69) is 17.2 Å². The van der Waals surface area contributed by atoms with Crippen molar-refractivity contribution < 1.29 is 23.7 Å². The fourth-order valence-electron chi connectivity index (χ4n) is 2.45. The van der Waals surface area contributed by atoms with Gasteiger partial charge in [0.05, 0.1) is 0 Å². The number of phosphoric ester groups is 1. The number of hydrogen-bond donors (Lipinski definition) is 1. The van der Waals surface area contributed by atoms with Crippen molar-refractivity contribution >= 4 is 25.6 Å². The Morgan fingerprint density at radius 3 is 2.35 bits per heavy atom. The molecule has 0 saturated heterocycles. The van der Waals surface area contributed by atoms with E-state index in [0.717, 1.165) is 11.1 Å². The van der Waals surface area contributed by atoms with Gasteiger partial charge in [0.1, 0.15) is 13.6 Å². The Hall–Kier alpha value is -0.810. The van der Waals surface area contributed by atoms with Crippen LogP contribution in [0.2, 0.25) is 0 Å². The summed E-state index contributed by atoms with van der Waals surface area (Å²) in [6, 6.07) is 3.32. The minimum absolute atomic E-state index is 0.0181. The largest absolute Gasteiger partial charge is 0.780 e. The van der Waals surface area contributed by atoms with E-state index in [-0.39, 0.29) is 17.3 Å². The lowest BCUT2D eigenvalue weighted by atomic mass is 9.78. The van der Waals surface area contributed by atoms with Crippen LogP contribution in [0.25, 0.3) is 0 Å². The molecule has 1 rings (SSSR count). The molecule has 0 unspecified atom stereocenters. The van der Waals surface area contributed by atoms with Crippen LogP contribution in [0.5, 0.6) is 5.75 Å². The first-order valence-corrected chi connectivity index (χ1v) is 7.88. The Morgan fingerprint density at radius 1 is 1.35 bits per heavy atom. The van der Waals surface area contributed by atoms with Crippen LogP contribution in [-0.4, -0.2) is 5.12 Å². The van der Waals surface area contributed by atoms with Gasteiger partial charge in [-0.3, -0.25) is 4.79 Å². The van der Waals surface area contributed by atoms with Crippen molar-refractivity contribution in [3.8, 4) is 5.75 Å². The van der Waals surface area contributed by atoms with Crippen LogP contribution in [0.3, 0.4) is 0 Å². The fraction of sp³-hybridized carbons (Fsp3) is 0.462. The van der Waals surface area contributed by atoms with E-state index in [1.165, 1.54) is 6.07 Å². The number of aryl methyl sites for hydroxylation is 2. The smallest absolute Gasteiger partial charge is 0.186 e. The second kappa shape index (κ2) is 5.90. The summed E-state index contributed by atoms with van der Waals surface area (Å²) in [4.78, 5) is 33.0. The molecule has 5 nitrogen and oxygen atoms in total. The topological polar surface area (TPSA) is 89.5 Å². The number of carbonyl (C=O) groups is 1. The molecule has 0 atom stereocenters. The van der Waals surface area contributed by atoms with E-state index in [4.69, 9.17) is 0 Å². The zero-order chi connectivity index (χ0) is 15.7. The Labute approximate surface area is 124 Å². The SMILES string of the molecule is Cc1cc(C)c(C(C)(C)CC(=O)S)c(OP(=O)([O-])[O-])c1. The summed E-state index contributed by atoms with van der Waals surface area (Å²) in [7, 11) is -5.16. The highest BCUT2D eigenvalue weighted by Crippen LogP contribution is 2.42. The van der Waals surface area contributed by atoms with Crippen LogP contribution >= 0.6 is 20.5 Å². The average Bonchev–Trinajstić information content (AvgIpc) is 2.08. The monoisotopic (exact) mass is 316 g/mol. The second-order valence-electron chi connectivity index (χ2n) is 5.45. The lowest BCUT2D eigenvalue weighted by Gasteiger charge is -2.34. The Kier molecular flexibility index (Phi) is 5.08. The van der Waals surface area contributed by atoms with Crippen LogP contribution in [0, 0.1) is 13.8 Å². The van der Waals surface area contributed by atoms with Gasteiger partial charge in [-0.2, -0.15) is 0 Å². The summed E-state index contributed by atoms with van der Waals surface area (Å²) in [5.74, 6) is -0.0181. The van der Waals surface area contributed by atoms with Crippen molar-refractivity contribution in [1.82, 2.24) is 0 Å². The third-order valence-electron chi connectivity index (χ3n) is 2.92. The van der Waals surface area contributed by atoms with E-state index in [1.807, 2.05) is 6.07 Å². The number of rotatable bonds is 5. The van der Waals surface area contributed by atoms with Crippen molar-refractivity contribution in [2.45, 2.75) is 39.5 Å². The molecule has 1 aromatic rings. The van der Waals surface area contributed by atoms with Gasteiger partial charge in [-0.25, -0.2) is 0 Å². The fourth-order valence-corrected chi connectivity index (χ4v) is 3.23. The Bertz CT molecular complexity index is 576. The molecule has 0 aliphatic carbocycles. The third-order valence-corrected chi connectivity index (χ3v) is 3.50. The first-order valence-electron chi connectivity index (χ1n) is 5.97. The van der Waals surface area contributed by atoms with Crippen LogP contribution in [0.1, 0.15) is 37.0 Å². The van der Waals surface area contributed by atoms with Gasteiger partial charge in [-0.05, 0) is 31.0 Å². The van der Waals surface area contributed by atoms with Crippen molar-refractivity contribution in [2.75, 3.05) is 0 Å². The molecule has 0 aromatic heterocycles. The molecule has 0 fully saturated rings. The third kappa shape index (κ3) is 4.63. The lowest BCUT2D eigenvalue weighted by molar-refractivity contribution is -0.333. The quantitative estimate of drug-likeness (QED) is 0.659. The highest BCUT2D eigenvalue weighted by Gasteiger charge is 2.29. The van der Waals surface area contributed by atoms with Crippen LogP contribution < -0.4 is 14.3 Å². The summed E-state index contributed by atoms with van der Waals surface area (Å²) in [6.45, 7) is 7.08. The molecule has 0 saturated carbocycles. The van der Waals surface area contributed by atoms with E-state index in [0.29, 0.717) is 5.56 Å². The van der Waals surface area contributed by atoms with Crippen molar-refractivity contribution in [3.63, 3.8) is 0 Å². The van der Waals surface area contributed by atoms with E-state index >= 15 is 0 Å². The molecule has 0 spiro atoms. The molecule has 0 radical (unpaired) electrons. The summed E-state index contributed by atoms with van der Waals surface area (Å²) in [5.41, 5.74) is 1.36. The van der Waals surface area contributed by atoms with E-state index in [9.17, 15) is 19.1 Å². The van der Waals surface area contributed by atoms with Gasteiger partial charge in [0.2, 0.25) is 0 Å². The summed E-state index contributed by atoms with van der Waals surface area (Å²) in [6.07, 6.45) is 0.0956. The lowest BCUT2D eigenvalue weighted by Crippen LogP contribution is -2.25. The zero-order valence-corrected chi connectivity index (χ0v) is 13.6. The first-order chi connectivity index (χ1) is 8.92. The molecular weight excluding hydrogens is 299 g/mol. The van der Waals surface area contributed by atoms with Crippen LogP contribution in [0.15, 0.2) is 12.1 Å². The molecule has 0 N–H and O–H groups in total. The molecule has 0 heterocycles. The maximum absolute atomic E-state index is 11.3. The molecule has 0 bridgehead atoms. The first kappa shape index (κ1) is 17.2. The van der Waals surface area contributed by atoms with Gasteiger partial charge >= 0.3 is 0 Å². The van der Waals surface area contributed by atoms with Gasteiger partial charge < -0.3 is 18.9 Å². The van der Waals surface area contributed by atoms with Crippen LogP contribution in [-0.2, 0) is 14.8 Å². The highest BCUT2D eigenvalue weighted by atomic mass is 32.1. The number of benzene rings is 1. The van der Waals surface area contributed by atoms with Gasteiger partial charge in [-0.15, -0.1) is 12.6 Å². The average molecular weight is 316 g/mol. The number of hydrogen-bond acceptors (Lipinski definition) is 5. The second-order valence-corrected chi connectivity index (χ2v) is 7.02. The summed E-state index contributed by atoms with van der Waals surface area (Å²) in [5, 5.41) is -0.326. The molecule has 1 aromatic carbocycles. The molecule has 0 amide bonds. The predicted molar refractivity (Wildman–Crippen MR) is 75.8 cm³/mol. The minimum atomic E-state index is -5.16. The Balaban J connectivity index is 3.43. The maximum atomic E-state index is 11.3. The standard InChI is InChI=1S/C13H19O5PS/c1-8-5-9(2)12(13(3,4)7-11(14)20)10(6-8)18-19(15,16)17/h5-6H,7H2,1-4H3,(H,14,20)(H2,15,16,17)/p-2. The van der Waals surface area contributed by atoms with Gasteiger partial charge in [-0.1, -0.05) is 19.9 Å². The summed E-state index contributed by atoms with van der Waals surface area (Å²) < 4.78 is 15.5. The summed E-state index contributed by atoms with van der Waals surface area (Å²) >= 11 is 3.76. The van der Waals surface area contributed by atoms with E-state index < -0.39 is 13.2 Å². The van der Waals surface area contributed by atoms with Crippen molar-refractivity contribution in [2.24, 2.45) is 0 Å². The maximum Gasteiger partial charge on any atom is 0.186 e. The zero-order valence-electron chi connectivity index (χ0n) is 11.8. The van der Waals surface area contributed by atoms with Crippen LogP contribution in [0.4, 0.5) is 0 Å². The molecule has 0 aliphatic heterocycles. The molecule has 7 heteroatoms. The van der Waals surface area contributed by atoms with Gasteiger partial charge in [0.25, 0.3) is 0 Å². The molecule has 0 aliphatic rings. The molecule has 112 valence electrons. The van der Waals surface area contributed by atoms with Gasteiger partial charge in [0, 0.05) is 17.4 Å². The van der Waals surface area contributed by atoms with Gasteiger partial charge in [0.15, 0.2) is 5.12 Å². The highest BCUT2D eigenvalue weighted by molar-refractivity contribution is 7.96. The van der Waals surface area contributed by atoms with Crippen molar-refractivity contribution in [1.29, 1.82) is 0 Å².